The Kier molecular flexibility index (Phi) is 6.70. The number of thiazole rings is 1. The van der Waals surface area contributed by atoms with Crippen LogP contribution in [0.25, 0.3) is 0 Å². The summed E-state index contributed by atoms with van der Waals surface area (Å²) in [6.45, 7) is 0. The van der Waals surface area contributed by atoms with Gasteiger partial charge in [-0.25, -0.2) is 13.4 Å². The van der Waals surface area contributed by atoms with Crippen LogP contribution >= 0.6 is 23.1 Å². The fraction of sp³-hybridized carbons (Fsp3) is 0.111. The predicted molar refractivity (Wildman–Crippen MR) is 113 cm³/mol. The molecule has 0 saturated carbocycles. The van der Waals surface area contributed by atoms with E-state index in [1.807, 2.05) is 12.1 Å². The van der Waals surface area contributed by atoms with Crippen LogP contribution in [0.15, 0.2) is 68.7 Å². The predicted octanol–water partition coefficient (Wildman–Crippen LogP) is 3.62. The second kappa shape index (κ2) is 9.24. The van der Waals surface area contributed by atoms with Crippen LogP contribution < -0.4 is 10.1 Å². The van der Waals surface area contributed by atoms with Gasteiger partial charge in [-0.15, -0.1) is 11.8 Å². The maximum atomic E-state index is 12.7. The first kappa shape index (κ1) is 21.7. The van der Waals surface area contributed by atoms with E-state index in [0.717, 1.165) is 46.7 Å². The number of hydrogen-bond acceptors (Lipinski definition) is 9. The van der Waals surface area contributed by atoms with Crippen molar-refractivity contribution >= 4 is 49.7 Å². The van der Waals surface area contributed by atoms with E-state index in [9.17, 15) is 23.3 Å². The molecule has 0 aliphatic carbocycles. The van der Waals surface area contributed by atoms with Gasteiger partial charge in [0.25, 0.3) is 5.69 Å². The zero-order chi connectivity index (χ0) is 21.7. The molecule has 0 unspecified atom stereocenters. The lowest BCUT2D eigenvalue weighted by Gasteiger charge is -2.04. The second-order valence-electron chi connectivity index (χ2n) is 5.75. The average molecular weight is 466 g/mol. The monoisotopic (exact) mass is 465 g/mol. The van der Waals surface area contributed by atoms with Crippen LogP contribution in [-0.4, -0.2) is 37.1 Å². The Bertz CT molecular complexity index is 1160. The molecule has 0 bridgehead atoms. The first-order valence-corrected chi connectivity index (χ1v) is 11.6. The lowest BCUT2D eigenvalue weighted by molar-refractivity contribution is -0.384. The number of carbonyl (C=O) groups excluding carboxylic acids is 1. The van der Waals surface area contributed by atoms with Gasteiger partial charge in [0.05, 0.1) is 28.9 Å². The van der Waals surface area contributed by atoms with Gasteiger partial charge in [-0.05, 0) is 36.4 Å². The van der Waals surface area contributed by atoms with Gasteiger partial charge in [0.2, 0.25) is 15.7 Å². The van der Waals surface area contributed by atoms with E-state index in [0.29, 0.717) is 5.75 Å². The van der Waals surface area contributed by atoms with Gasteiger partial charge in [-0.3, -0.25) is 14.9 Å². The fourth-order valence-corrected chi connectivity index (χ4v) is 5.43. The van der Waals surface area contributed by atoms with E-state index < -0.39 is 14.8 Å². The molecule has 0 spiro atoms. The number of carbonyl (C=O) groups is 1. The largest absolute Gasteiger partial charge is 0.497 e. The molecular formula is C18H15N3O6S3. The van der Waals surface area contributed by atoms with Crippen LogP contribution in [-0.2, 0) is 14.6 Å². The average Bonchev–Trinajstić information content (AvgIpc) is 3.22. The normalized spacial score (nSPS) is 11.1. The smallest absolute Gasteiger partial charge is 0.269 e. The zero-order valence-corrected chi connectivity index (χ0v) is 17.9. The van der Waals surface area contributed by atoms with Crippen molar-refractivity contribution < 1.29 is 22.9 Å². The van der Waals surface area contributed by atoms with Crippen molar-refractivity contribution in [1.29, 1.82) is 0 Å². The van der Waals surface area contributed by atoms with E-state index in [1.54, 1.807) is 19.2 Å². The number of nitro groups is 1. The van der Waals surface area contributed by atoms with Crippen molar-refractivity contribution in [3.05, 3.63) is 64.8 Å². The van der Waals surface area contributed by atoms with Crippen molar-refractivity contribution in [1.82, 2.24) is 4.98 Å². The van der Waals surface area contributed by atoms with E-state index in [2.05, 4.69) is 10.3 Å². The number of nitro benzene ring substituents is 1. The molecule has 1 N–H and O–H groups in total. The highest BCUT2D eigenvalue weighted by molar-refractivity contribution is 8.00. The number of hydrogen-bond donors (Lipinski definition) is 1. The van der Waals surface area contributed by atoms with Crippen LogP contribution in [0.4, 0.5) is 10.8 Å². The maximum absolute atomic E-state index is 12.7. The maximum Gasteiger partial charge on any atom is 0.269 e. The lowest BCUT2D eigenvalue weighted by atomic mass is 10.3. The number of methoxy groups -OCH3 is 1. The number of amides is 1. The molecule has 0 aliphatic rings. The third-order valence-corrected chi connectivity index (χ3v) is 7.94. The third-order valence-electron chi connectivity index (χ3n) is 3.78. The summed E-state index contributed by atoms with van der Waals surface area (Å²) >= 11 is 2.13. The van der Waals surface area contributed by atoms with Gasteiger partial charge < -0.3 is 10.1 Å². The number of aromatic nitrogens is 1. The molecule has 12 heteroatoms. The number of ether oxygens (including phenoxy) is 1. The summed E-state index contributed by atoms with van der Waals surface area (Å²) in [6.07, 6.45) is 1.15. The van der Waals surface area contributed by atoms with E-state index in [-0.39, 0.29) is 31.6 Å². The Morgan fingerprint density at radius 1 is 1.20 bits per heavy atom. The molecule has 0 radical (unpaired) electrons. The minimum Gasteiger partial charge on any atom is -0.497 e. The zero-order valence-electron chi connectivity index (χ0n) is 15.5. The van der Waals surface area contributed by atoms with Gasteiger partial charge in [-0.2, -0.15) is 0 Å². The topological polar surface area (TPSA) is 128 Å². The summed E-state index contributed by atoms with van der Waals surface area (Å²) in [4.78, 5) is 27.0. The molecule has 0 atom stereocenters. The molecule has 0 aliphatic heterocycles. The van der Waals surface area contributed by atoms with Gasteiger partial charge in [-0.1, -0.05) is 11.3 Å². The molecule has 1 amide bonds. The first-order chi connectivity index (χ1) is 14.3. The Morgan fingerprint density at radius 3 is 2.47 bits per heavy atom. The summed E-state index contributed by atoms with van der Waals surface area (Å²) in [7, 11) is -2.32. The highest BCUT2D eigenvalue weighted by Crippen LogP contribution is 2.30. The Labute approximate surface area is 180 Å². The molecule has 3 aromatic rings. The minimum atomic E-state index is -3.89. The highest BCUT2D eigenvalue weighted by atomic mass is 32.2. The number of anilines is 1. The Hall–Kier alpha value is -2.96. The number of rotatable bonds is 8. The van der Waals surface area contributed by atoms with E-state index in [4.69, 9.17) is 4.74 Å². The van der Waals surface area contributed by atoms with Crippen molar-refractivity contribution in [3.63, 3.8) is 0 Å². The van der Waals surface area contributed by atoms with Crippen LogP contribution in [0, 0.1) is 10.1 Å². The molecular weight excluding hydrogens is 450 g/mol. The number of non-ortho nitro benzene ring substituents is 1. The van der Waals surface area contributed by atoms with Gasteiger partial charge in [0.15, 0.2) is 5.13 Å². The van der Waals surface area contributed by atoms with Crippen molar-refractivity contribution in [2.75, 3.05) is 18.2 Å². The van der Waals surface area contributed by atoms with Crippen LogP contribution in [0.1, 0.15) is 0 Å². The number of sulfone groups is 1. The Balaban J connectivity index is 1.63. The summed E-state index contributed by atoms with van der Waals surface area (Å²) < 4.78 is 30.3. The molecule has 3 rings (SSSR count). The van der Waals surface area contributed by atoms with Gasteiger partial charge in [0.1, 0.15) is 9.96 Å². The van der Waals surface area contributed by atoms with Crippen LogP contribution in [0.3, 0.4) is 0 Å². The van der Waals surface area contributed by atoms with Crippen molar-refractivity contribution in [2.45, 2.75) is 14.0 Å². The third kappa shape index (κ3) is 5.14. The molecule has 30 heavy (non-hydrogen) atoms. The van der Waals surface area contributed by atoms with Gasteiger partial charge >= 0.3 is 0 Å². The molecule has 156 valence electrons. The molecule has 2 aromatic carbocycles. The molecule has 9 nitrogen and oxygen atoms in total. The van der Waals surface area contributed by atoms with E-state index >= 15 is 0 Å². The molecule has 1 aromatic heterocycles. The van der Waals surface area contributed by atoms with Gasteiger partial charge in [0, 0.05) is 17.0 Å². The highest BCUT2D eigenvalue weighted by Gasteiger charge is 2.22. The minimum absolute atomic E-state index is 0.0746. The summed E-state index contributed by atoms with van der Waals surface area (Å²) in [5, 5.41) is 13.4. The molecule has 0 saturated heterocycles. The lowest BCUT2D eigenvalue weighted by Crippen LogP contribution is -2.13. The molecule has 0 fully saturated rings. The Morgan fingerprint density at radius 2 is 1.87 bits per heavy atom. The number of thioether (sulfide) groups is 1. The first-order valence-electron chi connectivity index (χ1n) is 8.31. The van der Waals surface area contributed by atoms with Crippen molar-refractivity contribution in [2.24, 2.45) is 0 Å². The van der Waals surface area contributed by atoms with Crippen molar-refractivity contribution in [3.8, 4) is 5.75 Å². The molecule has 1 heterocycles. The SMILES string of the molecule is COc1ccc(SCC(=O)Nc2ncc(S(=O)(=O)c3ccc([N+](=O)[O-])cc3)s2)cc1. The second-order valence-corrected chi connectivity index (χ2v) is 10.0. The van der Waals surface area contributed by atoms with Crippen LogP contribution in [0.2, 0.25) is 0 Å². The fourth-order valence-electron chi connectivity index (χ4n) is 2.28. The quantitative estimate of drug-likeness (QED) is 0.303. The van der Waals surface area contributed by atoms with Crippen LogP contribution in [0.5, 0.6) is 5.75 Å². The van der Waals surface area contributed by atoms with E-state index in [1.165, 1.54) is 11.8 Å². The number of nitrogens with one attached hydrogen (secondary N) is 1. The standard InChI is InChI=1S/C18H15N3O6S3/c1-27-13-4-6-14(7-5-13)28-11-16(22)20-18-19-10-17(29-18)30(25,26)15-8-2-12(3-9-15)21(23)24/h2-10H,11H2,1H3,(H,19,20,22). The summed E-state index contributed by atoms with van der Waals surface area (Å²) in [5.41, 5.74) is -0.208. The summed E-state index contributed by atoms with van der Waals surface area (Å²) in [6, 6.07) is 11.8. The summed E-state index contributed by atoms with van der Waals surface area (Å²) in [5.74, 6) is 0.508. The number of nitrogens with zero attached hydrogens (tertiary/aromatic N) is 2. The number of benzene rings is 2.